The van der Waals surface area contributed by atoms with Crippen LogP contribution in [-0.2, 0) is 9.53 Å². The maximum atomic E-state index is 12.0. The zero-order chi connectivity index (χ0) is 15.9. The number of ether oxygens (including phenoxy) is 1. The van der Waals surface area contributed by atoms with Crippen molar-refractivity contribution in [1.82, 2.24) is 10.6 Å². The lowest BCUT2D eigenvalue weighted by Gasteiger charge is -2.40. The number of urea groups is 1. The van der Waals surface area contributed by atoms with Gasteiger partial charge in [0.1, 0.15) is 6.04 Å². The van der Waals surface area contributed by atoms with Crippen molar-refractivity contribution < 1.29 is 19.4 Å². The van der Waals surface area contributed by atoms with Gasteiger partial charge in [-0.15, -0.1) is 0 Å². The summed E-state index contributed by atoms with van der Waals surface area (Å²) < 4.78 is 5.87. The number of nitrogens with one attached hydrogen (secondary N) is 2. The minimum atomic E-state index is -0.990. The summed E-state index contributed by atoms with van der Waals surface area (Å²) in [4.78, 5) is 23.0. The van der Waals surface area contributed by atoms with Crippen molar-refractivity contribution in [3.05, 3.63) is 0 Å². The Morgan fingerprint density at radius 2 is 2.00 bits per heavy atom. The van der Waals surface area contributed by atoms with E-state index < -0.39 is 18.0 Å². The number of hydrogen-bond donors (Lipinski definition) is 3. The Kier molecular flexibility index (Phi) is 6.95. The van der Waals surface area contributed by atoms with Gasteiger partial charge in [0, 0.05) is 12.6 Å². The first-order valence-electron chi connectivity index (χ1n) is 7.90. The molecule has 1 aliphatic heterocycles. The quantitative estimate of drug-likeness (QED) is 0.673. The summed E-state index contributed by atoms with van der Waals surface area (Å²) in [5, 5.41) is 14.5. The fourth-order valence-corrected chi connectivity index (χ4v) is 2.83. The average molecular weight is 300 g/mol. The van der Waals surface area contributed by atoms with E-state index in [1.54, 1.807) is 0 Å². The van der Waals surface area contributed by atoms with Gasteiger partial charge in [-0.05, 0) is 32.1 Å². The molecule has 0 aromatic rings. The van der Waals surface area contributed by atoms with Gasteiger partial charge in [-0.3, -0.25) is 0 Å². The van der Waals surface area contributed by atoms with E-state index in [1.165, 1.54) is 0 Å². The van der Waals surface area contributed by atoms with Gasteiger partial charge in [0.15, 0.2) is 0 Å². The third-order valence-corrected chi connectivity index (χ3v) is 4.30. The van der Waals surface area contributed by atoms with E-state index in [1.807, 2.05) is 6.92 Å². The van der Waals surface area contributed by atoms with Crippen LogP contribution in [0.4, 0.5) is 4.79 Å². The van der Waals surface area contributed by atoms with E-state index in [4.69, 9.17) is 9.84 Å². The molecule has 1 heterocycles. The SMILES string of the molecule is CCC[C@H](NC(=O)NC1CCOC(CC)(CC)C1)C(=O)O. The van der Waals surface area contributed by atoms with Crippen LogP contribution in [-0.4, -0.2) is 41.4 Å². The molecule has 0 spiro atoms. The largest absolute Gasteiger partial charge is 0.480 e. The predicted octanol–water partition coefficient (Wildman–Crippen LogP) is 2.28. The van der Waals surface area contributed by atoms with Gasteiger partial charge in [0.05, 0.1) is 5.60 Å². The van der Waals surface area contributed by atoms with E-state index in [2.05, 4.69) is 24.5 Å². The molecule has 1 rings (SSSR count). The van der Waals surface area contributed by atoms with E-state index in [0.29, 0.717) is 19.4 Å². The molecule has 6 heteroatoms. The van der Waals surface area contributed by atoms with Gasteiger partial charge in [-0.25, -0.2) is 9.59 Å². The van der Waals surface area contributed by atoms with Crippen molar-refractivity contribution in [2.45, 2.75) is 77.0 Å². The Morgan fingerprint density at radius 1 is 1.33 bits per heavy atom. The molecule has 1 unspecified atom stereocenters. The molecule has 1 saturated heterocycles. The van der Waals surface area contributed by atoms with Gasteiger partial charge < -0.3 is 20.5 Å². The topological polar surface area (TPSA) is 87.7 Å². The number of hydrogen-bond acceptors (Lipinski definition) is 3. The van der Waals surface area contributed by atoms with Crippen LogP contribution in [0.5, 0.6) is 0 Å². The summed E-state index contributed by atoms with van der Waals surface area (Å²) in [5.74, 6) is -0.990. The molecule has 6 nitrogen and oxygen atoms in total. The van der Waals surface area contributed by atoms with Gasteiger partial charge in [0.2, 0.25) is 0 Å². The molecule has 1 aliphatic rings. The average Bonchev–Trinajstić information content (AvgIpc) is 2.46. The fourth-order valence-electron chi connectivity index (χ4n) is 2.83. The molecule has 0 aromatic heterocycles. The molecular weight excluding hydrogens is 272 g/mol. The minimum Gasteiger partial charge on any atom is -0.480 e. The second kappa shape index (κ2) is 8.22. The van der Waals surface area contributed by atoms with Crippen LogP contribution in [0.3, 0.4) is 0 Å². The van der Waals surface area contributed by atoms with Gasteiger partial charge in [0.25, 0.3) is 0 Å². The van der Waals surface area contributed by atoms with E-state index in [0.717, 1.165) is 25.7 Å². The minimum absolute atomic E-state index is 0.0368. The van der Waals surface area contributed by atoms with Crippen molar-refractivity contribution in [2.75, 3.05) is 6.61 Å². The molecule has 0 radical (unpaired) electrons. The number of amides is 2. The Bertz CT molecular complexity index is 356. The van der Waals surface area contributed by atoms with Crippen molar-refractivity contribution in [3.63, 3.8) is 0 Å². The lowest BCUT2D eigenvalue weighted by molar-refractivity contribution is -0.139. The summed E-state index contributed by atoms with van der Waals surface area (Å²) in [7, 11) is 0. The number of carboxylic acid groups (broad SMARTS) is 1. The Balaban J connectivity index is 2.52. The standard InChI is InChI=1S/C15H28N2O4/c1-4-7-12(13(18)19)17-14(20)16-11-8-9-21-15(5-2,6-3)10-11/h11-12H,4-10H2,1-3H3,(H,18,19)(H2,16,17,20)/t11?,12-/m0/s1. The van der Waals surface area contributed by atoms with Crippen molar-refractivity contribution in [1.29, 1.82) is 0 Å². The van der Waals surface area contributed by atoms with Gasteiger partial charge in [-0.1, -0.05) is 27.2 Å². The van der Waals surface area contributed by atoms with Crippen molar-refractivity contribution in [3.8, 4) is 0 Å². The Hall–Kier alpha value is -1.30. The molecule has 1 fully saturated rings. The molecule has 122 valence electrons. The molecule has 3 N–H and O–H groups in total. The highest BCUT2D eigenvalue weighted by molar-refractivity contribution is 5.82. The van der Waals surface area contributed by atoms with Crippen LogP contribution in [0.2, 0.25) is 0 Å². The van der Waals surface area contributed by atoms with Crippen LogP contribution in [0.1, 0.15) is 59.3 Å². The fraction of sp³-hybridized carbons (Fsp3) is 0.867. The number of rotatable bonds is 7. The molecule has 0 saturated carbocycles. The third kappa shape index (κ3) is 5.19. The molecular formula is C15H28N2O4. The second-order valence-corrected chi connectivity index (χ2v) is 5.73. The summed E-state index contributed by atoms with van der Waals surface area (Å²) in [6, 6.07) is -1.18. The number of carbonyl (C=O) groups excluding carboxylic acids is 1. The second-order valence-electron chi connectivity index (χ2n) is 5.73. The van der Waals surface area contributed by atoms with Crippen LogP contribution in [0, 0.1) is 0 Å². The molecule has 0 aliphatic carbocycles. The highest BCUT2D eigenvalue weighted by Crippen LogP contribution is 2.31. The van der Waals surface area contributed by atoms with Gasteiger partial charge in [-0.2, -0.15) is 0 Å². The van der Waals surface area contributed by atoms with Crippen LogP contribution >= 0.6 is 0 Å². The van der Waals surface area contributed by atoms with E-state index >= 15 is 0 Å². The maximum absolute atomic E-state index is 12.0. The number of aliphatic carboxylic acids is 1. The van der Waals surface area contributed by atoms with Gasteiger partial charge >= 0.3 is 12.0 Å². The Morgan fingerprint density at radius 3 is 2.52 bits per heavy atom. The van der Waals surface area contributed by atoms with Crippen molar-refractivity contribution in [2.24, 2.45) is 0 Å². The highest BCUT2D eigenvalue weighted by atomic mass is 16.5. The number of carboxylic acids is 1. The van der Waals surface area contributed by atoms with Crippen LogP contribution < -0.4 is 10.6 Å². The summed E-state index contributed by atoms with van der Waals surface area (Å²) >= 11 is 0. The first-order valence-corrected chi connectivity index (χ1v) is 7.90. The molecule has 0 aromatic carbocycles. The lowest BCUT2D eigenvalue weighted by Crippen LogP contribution is -2.53. The van der Waals surface area contributed by atoms with Crippen LogP contribution in [0.25, 0.3) is 0 Å². The lowest BCUT2D eigenvalue weighted by atomic mass is 9.86. The summed E-state index contributed by atoms with van der Waals surface area (Å²) in [6.45, 7) is 6.70. The normalized spacial score (nSPS) is 22.3. The smallest absolute Gasteiger partial charge is 0.326 e. The molecule has 2 atom stereocenters. The zero-order valence-electron chi connectivity index (χ0n) is 13.3. The summed E-state index contributed by atoms with van der Waals surface area (Å²) in [5.41, 5.74) is -0.161. The molecule has 0 bridgehead atoms. The van der Waals surface area contributed by atoms with E-state index in [-0.39, 0.29) is 11.6 Å². The highest BCUT2D eigenvalue weighted by Gasteiger charge is 2.35. The molecule has 2 amide bonds. The Labute approximate surface area is 126 Å². The molecule has 21 heavy (non-hydrogen) atoms. The number of carbonyl (C=O) groups is 2. The monoisotopic (exact) mass is 300 g/mol. The first kappa shape index (κ1) is 17.8. The first-order chi connectivity index (χ1) is 9.96. The third-order valence-electron chi connectivity index (χ3n) is 4.30. The maximum Gasteiger partial charge on any atom is 0.326 e. The predicted molar refractivity (Wildman–Crippen MR) is 80.3 cm³/mol. The van der Waals surface area contributed by atoms with Crippen LogP contribution in [0.15, 0.2) is 0 Å². The summed E-state index contributed by atoms with van der Waals surface area (Å²) in [6.07, 6.45) is 4.51. The zero-order valence-corrected chi connectivity index (χ0v) is 13.3. The van der Waals surface area contributed by atoms with E-state index in [9.17, 15) is 9.59 Å². The van der Waals surface area contributed by atoms with Crippen molar-refractivity contribution >= 4 is 12.0 Å².